The van der Waals surface area contributed by atoms with Crippen LogP contribution in [0.3, 0.4) is 0 Å². The highest BCUT2D eigenvalue weighted by Gasteiger charge is 2.30. The Hall–Kier alpha value is -0.440. The van der Waals surface area contributed by atoms with Gasteiger partial charge in [-0.3, -0.25) is 0 Å². The monoisotopic (exact) mass is 238 g/mol. The van der Waals surface area contributed by atoms with E-state index in [1.165, 1.54) is 31.4 Å². The molecular formula is C10H11BrN2. The molecule has 0 saturated heterocycles. The van der Waals surface area contributed by atoms with Gasteiger partial charge in [0.15, 0.2) is 0 Å². The second kappa shape index (κ2) is 2.77. The third kappa shape index (κ3) is 1.62. The second-order valence-corrected chi connectivity index (χ2v) is 4.83. The molecule has 3 heteroatoms. The van der Waals surface area contributed by atoms with Crippen molar-refractivity contribution < 1.29 is 0 Å². The highest BCUT2D eigenvalue weighted by molar-refractivity contribution is 9.10. The maximum Gasteiger partial charge on any atom is 0.132 e. The Morgan fingerprint density at radius 3 is 2.38 bits per heavy atom. The first-order valence-corrected chi connectivity index (χ1v) is 5.66. The molecule has 0 radical (unpaired) electrons. The molecule has 68 valence electrons. The van der Waals surface area contributed by atoms with Gasteiger partial charge in [0.1, 0.15) is 10.4 Å². The number of hydrogen-bond donors (Lipinski definition) is 0. The highest BCUT2D eigenvalue weighted by Crippen LogP contribution is 2.42. The van der Waals surface area contributed by atoms with Crippen molar-refractivity contribution in [3.63, 3.8) is 0 Å². The van der Waals surface area contributed by atoms with Gasteiger partial charge in [-0.25, -0.2) is 9.97 Å². The number of rotatable bonds is 2. The molecule has 3 rings (SSSR count). The minimum Gasteiger partial charge on any atom is -0.237 e. The standard InChI is InChI=1S/C10H11BrN2/c11-9-5-8(6-1-2-6)12-10(13-9)7-3-4-7/h5-7H,1-4H2. The summed E-state index contributed by atoms with van der Waals surface area (Å²) in [5.74, 6) is 2.46. The molecule has 0 aromatic carbocycles. The quantitative estimate of drug-likeness (QED) is 0.741. The maximum atomic E-state index is 4.62. The van der Waals surface area contributed by atoms with Gasteiger partial charge in [-0.2, -0.15) is 0 Å². The first-order valence-electron chi connectivity index (χ1n) is 4.87. The fourth-order valence-corrected chi connectivity index (χ4v) is 1.98. The molecule has 0 atom stereocenters. The van der Waals surface area contributed by atoms with E-state index in [2.05, 4.69) is 32.0 Å². The Morgan fingerprint density at radius 1 is 1.08 bits per heavy atom. The van der Waals surface area contributed by atoms with E-state index in [1.807, 2.05) is 0 Å². The summed E-state index contributed by atoms with van der Waals surface area (Å²) >= 11 is 3.45. The van der Waals surface area contributed by atoms with E-state index in [-0.39, 0.29) is 0 Å². The third-order valence-electron chi connectivity index (χ3n) is 2.67. The van der Waals surface area contributed by atoms with Crippen LogP contribution in [0, 0.1) is 0 Å². The Balaban J connectivity index is 1.99. The largest absolute Gasteiger partial charge is 0.237 e. The molecule has 2 nitrogen and oxygen atoms in total. The van der Waals surface area contributed by atoms with Crippen molar-refractivity contribution in [3.05, 3.63) is 22.2 Å². The van der Waals surface area contributed by atoms with Gasteiger partial charge in [0.25, 0.3) is 0 Å². The highest BCUT2D eigenvalue weighted by atomic mass is 79.9. The van der Waals surface area contributed by atoms with Gasteiger partial charge in [0.05, 0.1) is 0 Å². The SMILES string of the molecule is Brc1cc(C2CC2)nc(C2CC2)n1. The third-order valence-corrected chi connectivity index (χ3v) is 3.08. The zero-order chi connectivity index (χ0) is 8.84. The van der Waals surface area contributed by atoms with Gasteiger partial charge in [-0.15, -0.1) is 0 Å². The van der Waals surface area contributed by atoms with Gasteiger partial charge >= 0.3 is 0 Å². The van der Waals surface area contributed by atoms with Crippen molar-refractivity contribution in [2.24, 2.45) is 0 Å². The van der Waals surface area contributed by atoms with Gasteiger partial charge in [0, 0.05) is 17.5 Å². The van der Waals surface area contributed by atoms with Crippen LogP contribution in [0.1, 0.15) is 49.0 Å². The summed E-state index contributed by atoms with van der Waals surface area (Å²) in [5, 5.41) is 0. The van der Waals surface area contributed by atoms with Crippen LogP contribution in [0.25, 0.3) is 0 Å². The predicted molar refractivity (Wildman–Crippen MR) is 53.7 cm³/mol. The minimum absolute atomic E-state index is 0.662. The average Bonchev–Trinajstić information content (AvgIpc) is 2.98. The van der Waals surface area contributed by atoms with E-state index in [1.54, 1.807) is 0 Å². The fourth-order valence-electron chi connectivity index (χ4n) is 1.57. The second-order valence-electron chi connectivity index (χ2n) is 4.02. The first-order chi connectivity index (χ1) is 6.33. The van der Waals surface area contributed by atoms with Gasteiger partial charge in [-0.05, 0) is 47.7 Å². The van der Waals surface area contributed by atoms with Crippen LogP contribution in [0.5, 0.6) is 0 Å². The fraction of sp³-hybridized carbons (Fsp3) is 0.600. The maximum absolute atomic E-state index is 4.62. The van der Waals surface area contributed by atoms with Crippen molar-refractivity contribution in [1.82, 2.24) is 9.97 Å². The van der Waals surface area contributed by atoms with Gasteiger partial charge < -0.3 is 0 Å². The van der Waals surface area contributed by atoms with Gasteiger partial charge in [0.2, 0.25) is 0 Å². The molecule has 0 aliphatic heterocycles. The van der Waals surface area contributed by atoms with E-state index in [0.717, 1.165) is 16.3 Å². The molecular weight excluding hydrogens is 228 g/mol. The first kappa shape index (κ1) is 7.92. The van der Waals surface area contributed by atoms with Crippen LogP contribution in [-0.4, -0.2) is 9.97 Å². The molecule has 1 aromatic rings. The summed E-state index contributed by atoms with van der Waals surface area (Å²) in [7, 11) is 0. The number of nitrogens with zero attached hydrogens (tertiary/aromatic N) is 2. The Morgan fingerprint density at radius 2 is 1.77 bits per heavy atom. The van der Waals surface area contributed by atoms with Crippen molar-refractivity contribution in [3.8, 4) is 0 Å². The number of halogens is 1. The molecule has 2 saturated carbocycles. The van der Waals surface area contributed by atoms with E-state index in [9.17, 15) is 0 Å². The van der Waals surface area contributed by atoms with Crippen LogP contribution >= 0.6 is 15.9 Å². The molecule has 1 heterocycles. The van der Waals surface area contributed by atoms with Crippen LogP contribution in [0.15, 0.2) is 10.7 Å². The molecule has 2 aliphatic carbocycles. The van der Waals surface area contributed by atoms with Gasteiger partial charge in [-0.1, -0.05) is 0 Å². The summed E-state index contributed by atoms with van der Waals surface area (Å²) < 4.78 is 0.964. The average molecular weight is 239 g/mol. The molecule has 0 spiro atoms. The van der Waals surface area contributed by atoms with Crippen molar-refractivity contribution in [2.45, 2.75) is 37.5 Å². The summed E-state index contributed by atoms with van der Waals surface area (Å²) in [6, 6.07) is 2.07. The lowest BCUT2D eigenvalue weighted by Gasteiger charge is -2.02. The van der Waals surface area contributed by atoms with Crippen LogP contribution < -0.4 is 0 Å². The molecule has 13 heavy (non-hydrogen) atoms. The van der Waals surface area contributed by atoms with Crippen molar-refractivity contribution >= 4 is 15.9 Å². The molecule has 2 aliphatic rings. The van der Waals surface area contributed by atoms with E-state index >= 15 is 0 Å². The van der Waals surface area contributed by atoms with E-state index < -0.39 is 0 Å². The molecule has 0 amide bonds. The lowest BCUT2D eigenvalue weighted by Crippen LogP contribution is -1.97. The minimum atomic E-state index is 0.662. The molecule has 0 N–H and O–H groups in total. The summed E-state index contributed by atoms with van der Waals surface area (Å²) in [6.07, 6.45) is 5.18. The molecule has 1 aromatic heterocycles. The summed E-state index contributed by atoms with van der Waals surface area (Å²) in [5.41, 5.74) is 1.25. The predicted octanol–water partition coefficient (Wildman–Crippen LogP) is 2.99. The zero-order valence-corrected chi connectivity index (χ0v) is 8.92. The molecule has 0 unspecified atom stereocenters. The van der Waals surface area contributed by atoms with E-state index in [0.29, 0.717) is 5.92 Å². The lowest BCUT2D eigenvalue weighted by molar-refractivity contribution is 0.863. The Bertz CT molecular complexity index is 313. The number of aromatic nitrogens is 2. The smallest absolute Gasteiger partial charge is 0.132 e. The topological polar surface area (TPSA) is 25.8 Å². The van der Waals surface area contributed by atoms with E-state index in [4.69, 9.17) is 0 Å². The van der Waals surface area contributed by atoms with Crippen molar-refractivity contribution in [1.29, 1.82) is 0 Å². The number of hydrogen-bond acceptors (Lipinski definition) is 2. The Kier molecular flexibility index (Phi) is 1.69. The van der Waals surface area contributed by atoms with Crippen LogP contribution in [-0.2, 0) is 0 Å². The molecule has 2 fully saturated rings. The summed E-state index contributed by atoms with van der Waals surface area (Å²) in [4.78, 5) is 9.03. The van der Waals surface area contributed by atoms with Crippen molar-refractivity contribution in [2.75, 3.05) is 0 Å². The molecule has 0 bridgehead atoms. The normalized spacial score (nSPS) is 21.9. The Labute approximate surface area is 85.9 Å². The lowest BCUT2D eigenvalue weighted by atomic mass is 10.2. The zero-order valence-electron chi connectivity index (χ0n) is 7.33. The van der Waals surface area contributed by atoms with Crippen LogP contribution in [0.4, 0.5) is 0 Å². The summed E-state index contributed by atoms with van der Waals surface area (Å²) in [6.45, 7) is 0. The van der Waals surface area contributed by atoms with Crippen LogP contribution in [0.2, 0.25) is 0 Å².